The second-order valence-electron chi connectivity index (χ2n) is 9.88. The van der Waals surface area contributed by atoms with Gasteiger partial charge in [-0.3, -0.25) is 14.6 Å². The van der Waals surface area contributed by atoms with E-state index in [9.17, 15) is 19.2 Å². The Hall–Kier alpha value is -4.86. The van der Waals surface area contributed by atoms with Crippen molar-refractivity contribution in [2.75, 3.05) is 23.9 Å². The molecule has 0 bridgehead atoms. The Morgan fingerprint density at radius 1 is 1.00 bits per heavy atom. The van der Waals surface area contributed by atoms with E-state index in [1.165, 1.54) is 18.1 Å². The molecule has 1 aromatic heterocycles. The number of aliphatic imine (C=N–C) groups is 1. The van der Waals surface area contributed by atoms with Crippen molar-refractivity contribution in [3.05, 3.63) is 89.7 Å². The van der Waals surface area contributed by atoms with Crippen LogP contribution in [0.5, 0.6) is 0 Å². The van der Waals surface area contributed by atoms with Crippen LogP contribution < -0.4 is 15.5 Å². The minimum atomic E-state index is -1.37. The van der Waals surface area contributed by atoms with Crippen LogP contribution in [0, 0.1) is 5.41 Å². The van der Waals surface area contributed by atoms with E-state index in [0.717, 1.165) is 0 Å². The number of carbonyl (C=O) groups excluding carboxylic acids is 4. The monoisotopic (exact) mass is 527 g/mol. The normalized spacial score (nSPS) is 15.0. The number of anilines is 2. The zero-order valence-electron chi connectivity index (χ0n) is 22.1. The van der Waals surface area contributed by atoms with Gasteiger partial charge in [-0.15, -0.1) is 0 Å². The fourth-order valence-corrected chi connectivity index (χ4v) is 3.91. The van der Waals surface area contributed by atoms with E-state index in [1.54, 1.807) is 87.6 Å². The number of aromatic nitrogens is 1. The molecule has 200 valence electrons. The molecule has 4 rings (SSSR count). The number of esters is 1. The minimum Gasteiger partial charge on any atom is -0.465 e. The number of nitrogens with zero attached hydrogens (tertiary/aromatic N) is 3. The van der Waals surface area contributed by atoms with E-state index >= 15 is 0 Å². The molecule has 0 saturated carbocycles. The SMILES string of the molecule is COC(=O)c1cccc(NC(=O)N[C@@H]2N=C(c3ccccn3)c3ccccc3N(CC(=O)C(C)(C)C)C2=O)c1. The number of carbonyl (C=O) groups is 4. The van der Waals surface area contributed by atoms with Crippen LogP contribution in [0.1, 0.15) is 42.4 Å². The molecule has 0 aliphatic carbocycles. The van der Waals surface area contributed by atoms with Crippen LogP contribution in [0.25, 0.3) is 0 Å². The standard InChI is InChI=1S/C29H29N5O5/c1-29(2,3)23(35)17-34-22-14-6-5-12-20(22)24(21-13-7-8-15-30-21)32-25(26(34)36)33-28(38)31-19-11-9-10-18(16-19)27(37)39-4/h5-16,25H,17H2,1-4H3,(H2,31,33,38)/t25-/m0/s1. The van der Waals surface area contributed by atoms with E-state index in [2.05, 4.69) is 20.6 Å². The van der Waals surface area contributed by atoms with Crippen molar-refractivity contribution in [2.24, 2.45) is 10.4 Å². The first kappa shape index (κ1) is 27.2. The number of ether oxygens (including phenoxy) is 1. The molecule has 10 heteroatoms. The number of methoxy groups -OCH3 is 1. The molecule has 1 atom stereocenters. The van der Waals surface area contributed by atoms with Gasteiger partial charge in [-0.05, 0) is 36.4 Å². The number of hydrogen-bond acceptors (Lipinski definition) is 7. The highest BCUT2D eigenvalue weighted by atomic mass is 16.5. The number of urea groups is 1. The van der Waals surface area contributed by atoms with Crippen LogP contribution in [-0.2, 0) is 14.3 Å². The summed E-state index contributed by atoms with van der Waals surface area (Å²) in [6, 6.07) is 17.9. The molecule has 2 heterocycles. The maximum Gasteiger partial charge on any atom is 0.337 e. The second-order valence-corrected chi connectivity index (χ2v) is 9.88. The molecule has 39 heavy (non-hydrogen) atoms. The van der Waals surface area contributed by atoms with Crippen LogP contribution in [0.2, 0.25) is 0 Å². The van der Waals surface area contributed by atoms with Gasteiger partial charge in [0, 0.05) is 22.9 Å². The molecule has 1 aliphatic rings. The predicted molar refractivity (Wildman–Crippen MR) is 147 cm³/mol. The number of benzene rings is 2. The third kappa shape index (κ3) is 6.18. The van der Waals surface area contributed by atoms with Gasteiger partial charge in [0.1, 0.15) is 0 Å². The molecule has 0 spiro atoms. The van der Waals surface area contributed by atoms with E-state index in [0.29, 0.717) is 28.3 Å². The number of para-hydroxylation sites is 1. The quantitative estimate of drug-likeness (QED) is 0.469. The summed E-state index contributed by atoms with van der Waals surface area (Å²) in [6.45, 7) is 5.15. The van der Waals surface area contributed by atoms with Gasteiger partial charge in [-0.1, -0.05) is 51.1 Å². The van der Waals surface area contributed by atoms with E-state index < -0.39 is 29.5 Å². The Labute approximate surface area is 226 Å². The Bertz CT molecular complexity index is 1450. The number of ketones is 1. The van der Waals surface area contributed by atoms with Crippen LogP contribution >= 0.6 is 0 Å². The molecule has 3 amide bonds. The lowest BCUT2D eigenvalue weighted by atomic mass is 9.90. The van der Waals surface area contributed by atoms with Gasteiger partial charge >= 0.3 is 12.0 Å². The van der Waals surface area contributed by atoms with Crippen molar-refractivity contribution >= 4 is 40.8 Å². The zero-order valence-corrected chi connectivity index (χ0v) is 22.1. The molecule has 3 aromatic rings. The van der Waals surface area contributed by atoms with Gasteiger partial charge in [0.15, 0.2) is 5.78 Å². The number of pyridine rings is 1. The number of hydrogen-bond donors (Lipinski definition) is 2. The van der Waals surface area contributed by atoms with Crippen molar-refractivity contribution < 1.29 is 23.9 Å². The summed E-state index contributed by atoms with van der Waals surface area (Å²) in [6.07, 6.45) is 0.239. The first-order chi connectivity index (χ1) is 18.6. The number of rotatable bonds is 6. The lowest BCUT2D eigenvalue weighted by molar-refractivity contribution is -0.127. The van der Waals surface area contributed by atoms with Gasteiger partial charge < -0.3 is 20.3 Å². The Balaban J connectivity index is 1.72. The minimum absolute atomic E-state index is 0.158. The summed E-state index contributed by atoms with van der Waals surface area (Å²) in [7, 11) is 1.26. The fourth-order valence-electron chi connectivity index (χ4n) is 3.91. The molecule has 2 aromatic carbocycles. The third-order valence-electron chi connectivity index (χ3n) is 6.06. The molecule has 1 aliphatic heterocycles. The van der Waals surface area contributed by atoms with Crippen molar-refractivity contribution in [3.63, 3.8) is 0 Å². The van der Waals surface area contributed by atoms with Crippen LogP contribution in [-0.4, -0.2) is 54.2 Å². The number of nitrogens with one attached hydrogen (secondary N) is 2. The highest BCUT2D eigenvalue weighted by molar-refractivity contribution is 6.20. The number of amides is 3. The summed E-state index contributed by atoms with van der Waals surface area (Å²) in [5.74, 6) is -1.29. The molecule has 0 unspecified atom stereocenters. The second kappa shape index (κ2) is 11.3. The smallest absolute Gasteiger partial charge is 0.337 e. The van der Waals surface area contributed by atoms with Crippen LogP contribution in [0.4, 0.5) is 16.2 Å². The van der Waals surface area contributed by atoms with Gasteiger partial charge in [-0.2, -0.15) is 0 Å². The zero-order chi connectivity index (χ0) is 28.2. The Kier molecular flexibility index (Phi) is 7.85. The Morgan fingerprint density at radius 2 is 1.74 bits per heavy atom. The van der Waals surface area contributed by atoms with Gasteiger partial charge in [0.25, 0.3) is 5.91 Å². The fraction of sp³-hybridized carbons (Fsp3) is 0.241. The van der Waals surface area contributed by atoms with Crippen molar-refractivity contribution in [1.29, 1.82) is 0 Å². The first-order valence-corrected chi connectivity index (χ1v) is 12.3. The molecular formula is C29H29N5O5. The number of fused-ring (bicyclic) bond motifs is 1. The van der Waals surface area contributed by atoms with Crippen LogP contribution in [0.3, 0.4) is 0 Å². The maximum absolute atomic E-state index is 13.9. The van der Waals surface area contributed by atoms with E-state index in [4.69, 9.17) is 4.74 Å². The molecular weight excluding hydrogens is 498 g/mol. The molecule has 0 saturated heterocycles. The highest BCUT2D eigenvalue weighted by Crippen LogP contribution is 2.29. The van der Waals surface area contributed by atoms with Crippen molar-refractivity contribution in [2.45, 2.75) is 26.9 Å². The number of Topliss-reactive ketones (excluding diaryl/α,β-unsaturated/α-hetero) is 1. The lowest BCUT2D eigenvalue weighted by Gasteiger charge is -2.28. The Morgan fingerprint density at radius 3 is 2.44 bits per heavy atom. The van der Waals surface area contributed by atoms with Gasteiger partial charge in [-0.25, -0.2) is 14.6 Å². The van der Waals surface area contributed by atoms with Crippen LogP contribution in [0.15, 0.2) is 77.9 Å². The lowest BCUT2D eigenvalue weighted by Crippen LogP contribution is -2.50. The summed E-state index contributed by atoms with van der Waals surface area (Å²) in [5.41, 5.74) is 1.84. The topological polar surface area (TPSA) is 130 Å². The summed E-state index contributed by atoms with van der Waals surface area (Å²) >= 11 is 0. The first-order valence-electron chi connectivity index (χ1n) is 12.3. The van der Waals surface area contributed by atoms with Crippen molar-refractivity contribution in [1.82, 2.24) is 10.3 Å². The van der Waals surface area contributed by atoms with E-state index in [-0.39, 0.29) is 17.9 Å². The number of benzodiazepines with no additional fused rings is 1. The molecule has 0 fully saturated rings. The van der Waals surface area contributed by atoms with Gasteiger partial charge in [0.2, 0.25) is 6.17 Å². The molecule has 0 radical (unpaired) electrons. The average molecular weight is 528 g/mol. The van der Waals surface area contributed by atoms with E-state index in [1.807, 2.05) is 0 Å². The maximum atomic E-state index is 13.9. The largest absolute Gasteiger partial charge is 0.465 e. The van der Waals surface area contributed by atoms with Gasteiger partial charge in [0.05, 0.1) is 36.3 Å². The molecule has 2 N–H and O–H groups in total. The average Bonchev–Trinajstić information content (AvgIpc) is 3.03. The summed E-state index contributed by atoms with van der Waals surface area (Å²) in [5, 5.41) is 5.24. The summed E-state index contributed by atoms with van der Waals surface area (Å²) in [4.78, 5) is 62.2. The molecule has 10 nitrogen and oxygen atoms in total. The highest BCUT2D eigenvalue weighted by Gasteiger charge is 2.36. The predicted octanol–water partition coefficient (Wildman–Crippen LogP) is 3.82. The third-order valence-corrected chi connectivity index (χ3v) is 6.06. The van der Waals surface area contributed by atoms with Crippen molar-refractivity contribution in [3.8, 4) is 0 Å². The summed E-state index contributed by atoms with van der Waals surface area (Å²) < 4.78 is 4.73.